The summed E-state index contributed by atoms with van der Waals surface area (Å²) in [6.07, 6.45) is 2.97. The van der Waals surface area contributed by atoms with Gasteiger partial charge in [-0.25, -0.2) is 0 Å². The molecule has 0 radical (unpaired) electrons. The van der Waals surface area contributed by atoms with Crippen molar-refractivity contribution < 1.29 is 7.85 Å². The van der Waals surface area contributed by atoms with Crippen LogP contribution in [0.3, 0.4) is 0 Å². The van der Waals surface area contributed by atoms with Crippen LogP contribution in [-0.4, -0.2) is 5.11 Å². The van der Waals surface area contributed by atoms with Crippen molar-refractivity contribution in [2.24, 2.45) is 5.92 Å². The van der Waals surface area contributed by atoms with Crippen molar-refractivity contribution in [1.82, 2.24) is 0 Å². The second kappa shape index (κ2) is 5.38. The molecule has 0 heterocycles. The van der Waals surface area contributed by atoms with E-state index >= 15 is 0 Å². The van der Waals surface area contributed by atoms with Crippen LogP contribution in [0.2, 0.25) is 0 Å². The Morgan fingerprint density at radius 3 is 2.38 bits per heavy atom. The van der Waals surface area contributed by atoms with E-state index in [2.05, 4.69) is 27.7 Å². The van der Waals surface area contributed by atoms with Crippen LogP contribution in [0.15, 0.2) is 24.2 Å². The van der Waals surface area contributed by atoms with E-state index in [1.54, 1.807) is 0 Å². The van der Waals surface area contributed by atoms with Gasteiger partial charge in [-0.05, 0) is 41.9 Å². The highest BCUT2D eigenvalue weighted by molar-refractivity contribution is 5.31. The molecule has 0 aliphatic heterocycles. The number of hydrogen-bond acceptors (Lipinski definition) is 1. The maximum atomic E-state index is 9.43. The molecule has 1 N–H and O–H groups in total. The first-order chi connectivity index (χ1) is 8.30. The SMILES string of the molecule is [2H]c1cc(O)cc([2H])c1C(C)(CC)CCC(C)C. The van der Waals surface area contributed by atoms with Gasteiger partial charge in [0.1, 0.15) is 5.75 Å². The molecule has 0 amide bonds. The molecule has 1 aromatic rings. The molecule has 1 atom stereocenters. The average molecular weight is 222 g/mol. The highest BCUT2D eigenvalue weighted by atomic mass is 16.3. The summed E-state index contributed by atoms with van der Waals surface area (Å²) in [4.78, 5) is 0. The maximum Gasteiger partial charge on any atom is 0.115 e. The van der Waals surface area contributed by atoms with E-state index in [0.29, 0.717) is 5.92 Å². The fraction of sp³-hybridized carbons (Fsp3) is 0.600. The molecule has 0 spiro atoms. The first-order valence-corrected chi connectivity index (χ1v) is 6.11. The van der Waals surface area contributed by atoms with Crippen LogP contribution in [0, 0.1) is 5.92 Å². The predicted octanol–water partition coefficient (Wildman–Crippen LogP) is 4.50. The minimum Gasteiger partial charge on any atom is -0.508 e. The molecular formula is C15H24O. The average Bonchev–Trinajstić information content (AvgIpc) is 2.25. The van der Waals surface area contributed by atoms with E-state index < -0.39 is 0 Å². The first-order valence-electron chi connectivity index (χ1n) is 7.11. The Hall–Kier alpha value is -0.980. The quantitative estimate of drug-likeness (QED) is 0.778. The van der Waals surface area contributed by atoms with Gasteiger partial charge in [-0.1, -0.05) is 46.2 Å². The van der Waals surface area contributed by atoms with E-state index in [1.165, 1.54) is 12.1 Å². The largest absolute Gasteiger partial charge is 0.508 e. The van der Waals surface area contributed by atoms with Crippen molar-refractivity contribution in [3.63, 3.8) is 0 Å². The molecule has 0 saturated heterocycles. The Kier molecular flexibility index (Phi) is 3.43. The third kappa shape index (κ3) is 3.26. The smallest absolute Gasteiger partial charge is 0.115 e. The standard InChI is InChI=1S/C15H24O/c1-5-15(4,11-10-12(2)3)13-6-8-14(16)9-7-13/h6-9,12,16H,5,10-11H2,1-4H3/i6D,7D. The minimum absolute atomic E-state index is 0.0102. The summed E-state index contributed by atoms with van der Waals surface area (Å²) in [6.45, 7) is 8.61. The number of benzene rings is 1. The van der Waals surface area contributed by atoms with Gasteiger partial charge in [0.2, 0.25) is 0 Å². The van der Waals surface area contributed by atoms with Crippen molar-refractivity contribution in [3.8, 4) is 5.75 Å². The molecule has 1 heteroatoms. The van der Waals surface area contributed by atoms with Gasteiger partial charge in [0.25, 0.3) is 0 Å². The van der Waals surface area contributed by atoms with Crippen LogP contribution >= 0.6 is 0 Å². The van der Waals surface area contributed by atoms with Gasteiger partial charge < -0.3 is 5.11 Å². The Morgan fingerprint density at radius 2 is 1.94 bits per heavy atom. The Morgan fingerprint density at radius 1 is 1.38 bits per heavy atom. The Bertz CT molecular complexity index is 392. The van der Waals surface area contributed by atoms with Crippen molar-refractivity contribution in [3.05, 3.63) is 29.8 Å². The minimum atomic E-state index is -0.147. The third-order valence-corrected chi connectivity index (χ3v) is 3.39. The number of rotatable bonds is 5. The van der Waals surface area contributed by atoms with Gasteiger partial charge in [0.05, 0.1) is 2.74 Å². The molecule has 90 valence electrons. The molecule has 0 aliphatic carbocycles. The summed E-state index contributed by atoms with van der Waals surface area (Å²) < 4.78 is 16.0. The fourth-order valence-corrected chi connectivity index (χ4v) is 1.81. The van der Waals surface area contributed by atoms with Gasteiger partial charge >= 0.3 is 0 Å². The van der Waals surface area contributed by atoms with E-state index in [1.807, 2.05) is 0 Å². The maximum absolute atomic E-state index is 9.43. The Balaban J connectivity index is 3.15. The molecule has 0 aromatic heterocycles. The second-order valence-electron chi connectivity index (χ2n) is 5.22. The van der Waals surface area contributed by atoms with E-state index in [4.69, 9.17) is 2.74 Å². The zero-order chi connectivity index (χ0) is 13.9. The molecule has 1 aromatic carbocycles. The van der Waals surface area contributed by atoms with Crippen LogP contribution in [0.5, 0.6) is 5.75 Å². The number of phenols is 1. The zero-order valence-electron chi connectivity index (χ0n) is 12.8. The second-order valence-corrected chi connectivity index (χ2v) is 5.22. The van der Waals surface area contributed by atoms with Gasteiger partial charge in [-0.15, -0.1) is 0 Å². The highest BCUT2D eigenvalue weighted by Crippen LogP contribution is 2.34. The molecule has 1 nitrogen and oxygen atoms in total. The number of phenolic OH excluding ortho intramolecular Hbond substituents is 1. The number of hydrogen-bond donors (Lipinski definition) is 1. The van der Waals surface area contributed by atoms with Gasteiger partial charge in [-0.3, -0.25) is 0 Å². The zero-order valence-corrected chi connectivity index (χ0v) is 10.8. The first kappa shape index (κ1) is 10.2. The van der Waals surface area contributed by atoms with Gasteiger partial charge in [0, 0.05) is 0 Å². The fourth-order valence-electron chi connectivity index (χ4n) is 1.81. The van der Waals surface area contributed by atoms with Crippen molar-refractivity contribution in [1.29, 1.82) is 0 Å². The molecule has 0 bridgehead atoms. The predicted molar refractivity (Wildman–Crippen MR) is 69.8 cm³/mol. The van der Waals surface area contributed by atoms with Crippen LogP contribution in [0.1, 0.15) is 55.3 Å². The Labute approximate surface area is 102 Å². The van der Waals surface area contributed by atoms with Gasteiger partial charge in [0.15, 0.2) is 0 Å². The third-order valence-electron chi connectivity index (χ3n) is 3.39. The molecule has 0 fully saturated rings. The lowest BCUT2D eigenvalue weighted by Gasteiger charge is -2.30. The summed E-state index contributed by atoms with van der Waals surface area (Å²) in [7, 11) is 0. The molecule has 0 aliphatic rings. The van der Waals surface area contributed by atoms with Crippen LogP contribution in [0.4, 0.5) is 0 Å². The lowest BCUT2D eigenvalue weighted by molar-refractivity contribution is 0.373. The van der Waals surface area contributed by atoms with E-state index in [-0.39, 0.29) is 23.2 Å². The van der Waals surface area contributed by atoms with Gasteiger partial charge in [-0.2, -0.15) is 0 Å². The van der Waals surface area contributed by atoms with Crippen molar-refractivity contribution in [2.75, 3.05) is 0 Å². The lowest BCUT2D eigenvalue weighted by Crippen LogP contribution is -2.21. The van der Waals surface area contributed by atoms with Crippen LogP contribution < -0.4 is 0 Å². The molecular weight excluding hydrogens is 196 g/mol. The monoisotopic (exact) mass is 222 g/mol. The summed E-state index contributed by atoms with van der Waals surface area (Å²) in [5.74, 6) is 0.632. The van der Waals surface area contributed by atoms with Crippen LogP contribution in [-0.2, 0) is 5.41 Å². The topological polar surface area (TPSA) is 20.2 Å². The summed E-state index contributed by atoms with van der Waals surface area (Å²) >= 11 is 0. The summed E-state index contributed by atoms with van der Waals surface area (Å²) in [5.41, 5.74) is 0.620. The van der Waals surface area contributed by atoms with E-state index in [0.717, 1.165) is 24.8 Å². The molecule has 1 unspecified atom stereocenters. The highest BCUT2D eigenvalue weighted by Gasteiger charge is 2.24. The van der Waals surface area contributed by atoms with Crippen molar-refractivity contribution in [2.45, 2.75) is 52.4 Å². The normalized spacial score (nSPS) is 16.8. The van der Waals surface area contributed by atoms with Crippen LogP contribution in [0.25, 0.3) is 0 Å². The van der Waals surface area contributed by atoms with Crippen molar-refractivity contribution >= 4 is 0 Å². The van der Waals surface area contributed by atoms with E-state index in [9.17, 15) is 5.11 Å². The molecule has 16 heavy (non-hydrogen) atoms. The number of aromatic hydroxyl groups is 1. The summed E-state index contributed by atoms with van der Waals surface area (Å²) in [5, 5.41) is 9.43. The molecule has 1 rings (SSSR count). The lowest BCUT2D eigenvalue weighted by atomic mass is 9.75. The molecule has 0 saturated carbocycles. The summed E-state index contributed by atoms with van der Waals surface area (Å²) in [6, 6.07) is 3.45.